The van der Waals surface area contributed by atoms with Crippen LogP contribution >= 0.6 is 0 Å². The van der Waals surface area contributed by atoms with Crippen molar-refractivity contribution < 1.29 is 14.0 Å². The molecule has 1 aliphatic rings. The van der Waals surface area contributed by atoms with E-state index in [4.69, 9.17) is 4.42 Å². The van der Waals surface area contributed by atoms with Crippen molar-refractivity contribution in [1.29, 1.82) is 0 Å². The van der Waals surface area contributed by atoms with Crippen molar-refractivity contribution in [2.45, 2.75) is 51.5 Å². The fourth-order valence-corrected chi connectivity index (χ4v) is 5.79. The first kappa shape index (κ1) is 29.9. The molecule has 11 heteroatoms. The number of carbonyl (C=O) groups is 2. The predicted octanol–water partition coefficient (Wildman–Crippen LogP) is 4.19. The molecule has 1 aliphatic heterocycles. The van der Waals surface area contributed by atoms with Crippen LogP contribution in [0.5, 0.6) is 0 Å². The van der Waals surface area contributed by atoms with E-state index >= 15 is 0 Å². The summed E-state index contributed by atoms with van der Waals surface area (Å²) in [5, 5.41) is 15.7. The molecule has 0 radical (unpaired) electrons. The van der Waals surface area contributed by atoms with Gasteiger partial charge in [-0.3, -0.25) is 19.5 Å². The summed E-state index contributed by atoms with van der Waals surface area (Å²) in [5.41, 5.74) is 2.91. The van der Waals surface area contributed by atoms with Crippen molar-refractivity contribution in [2.75, 3.05) is 13.1 Å². The molecule has 0 aliphatic carbocycles. The van der Waals surface area contributed by atoms with Gasteiger partial charge in [-0.2, -0.15) is 4.80 Å². The molecule has 4 heterocycles. The molecule has 11 nitrogen and oxygen atoms in total. The molecule has 1 N–H and O–H groups in total. The number of tetrazole rings is 1. The van der Waals surface area contributed by atoms with E-state index < -0.39 is 6.04 Å². The van der Waals surface area contributed by atoms with Gasteiger partial charge in [-0.1, -0.05) is 60.7 Å². The number of nitrogens with zero attached hydrogens (tertiary/aromatic N) is 7. The van der Waals surface area contributed by atoms with Crippen molar-refractivity contribution >= 4 is 11.8 Å². The zero-order chi connectivity index (χ0) is 31.0. The van der Waals surface area contributed by atoms with Crippen LogP contribution in [0, 0.1) is 6.92 Å². The fourth-order valence-electron chi connectivity index (χ4n) is 5.79. The summed E-state index contributed by atoms with van der Waals surface area (Å²) >= 11 is 0. The number of aromatic nitrogens is 5. The minimum absolute atomic E-state index is 0.176. The highest BCUT2D eigenvalue weighted by atomic mass is 16.3. The maximum Gasteiger partial charge on any atom is 0.247 e. The first-order valence-corrected chi connectivity index (χ1v) is 15.2. The number of carbonyl (C=O) groups excluding carboxylic acids is 2. The number of pyridine rings is 1. The van der Waals surface area contributed by atoms with Crippen molar-refractivity contribution in [3.05, 3.63) is 120 Å². The highest BCUT2D eigenvalue weighted by Crippen LogP contribution is 2.29. The summed E-state index contributed by atoms with van der Waals surface area (Å²) < 4.78 is 5.64. The smallest absolute Gasteiger partial charge is 0.247 e. The number of rotatable bonds is 11. The number of likely N-dealkylation sites (tertiary alicyclic amines) is 1. The monoisotopic (exact) mass is 604 g/mol. The van der Waals surface area contributed by atoms with Crippen LogP contribution in [0.4, 0.5) is 0 Å². The first-order valence-electron chi connectivity index (χ1n) is 15.2. The van der Waals surface area contributed by atoms with E-state index in [0.29, 0.717) is 36.5 Å². The van der Waals surface area contributed by atoms with Crippen LogP contribution in [-0.2, 0) is 29.2 Å². The normalized spacial score (nSPS) is 14.6. The van der Waals surface area contributed by atoms with Gasteiger partial charge >= 0.3 is 0 Å². The second kappa shape index (κ2) is 14.1. The van der Waals surface area contributed by atoms with E-state index in [9.17, 15) is 9.59 Å². The standard InChI is InChI=1S/C34H36N8O3/c1-25-12-13-30(45-25)33-37-39-41(38-33)24-31(43)42(29-16-20-40(21-17-29)23-27-10-6-3-7-11-27)32(28-14-18-35-19-15-28)34(44)36-22-26-8-4-2-5-9-26/h2-15,18-19,29,32H,16-17,20-24H2,1H3,(H,36,44)/t32-/m1/s1. The molecule has 3 aromatic heterocycles. The van der Waals surface area contributed by atoms with E-state index in [0.717, 1.165) is 31.0 Å². The molecule has 1 atom stereocenters. The molecule has 2 aromatic carbocycles. The first-order chi connectivity index (χ1) is 22.0. The topological polar surface area (TPSA) is 122 Å². The number of piperidine rings is 1. The lowest BCUT2D eigenvalue weighted by atomic mass is 9.96. The summed E-state index contributed by atoms with van der Waals surface area (Å²) in [6.07, 6.45) is 4.73. The minimum atomic E-state index is -0.870. The number of nitrogens with one attached hydrogen (secondary N) is 1. The Labute approximate surface area is 261 Å². The number of furan rings is 1. The number of amides is 2. The van der Waals surface area contributed by atoms with Crippen molar-refractivity contribution in [3.63, 3.8) is 0 Å². The van der Waals surface area contributed by atoms with Crippen LogP contribution in [0.2, 0.25) is 0 Å². The molecule has 45 heavy (non-hydrogen) atoms. The molecule has 5 aromatic rings. The highest BCUT2D eigenvalue weighted by molar-refractivity contribution is 5.89. The van der Waals surface area contributed by atoms with Gasteiger partial charge in [0.05, 0.1) is 0 Å². The Morgan fingerprint density at radius 1 is 0.933 bits per heavy atom. The maximum atomic E-state index is 14.3. The molecule has 0 bridgehead atoms. The Hall–Kier alpha value is -5.16. The van der Waals surface area contributed by atoms with E-state index in [2.05, 4.69) is 42.7 Å². The van der Waals surface area contributed by atoms with Gasteiger partial charge in [0.1, 0.15) is 18.3 Å². The minimum Gasteiger partial charge on any atom is -0.458 e. The van der Waals surface area contributed by atoms with E-state index in [1.165, 1.54) is 10.4 Å². The summed E-state index contributed by atoms with van der Waals surface area (Å²) in [6, 6.07) is 26.2. The molecule has 2 amide bonds. The molecular formula is C34H36N8O3. The largest absolute Gasteiger partial charge is 0.458 e. The SMILES string of the molecule is Cc1ccc(-c2nnn(CC(=O)N(C3CCN(Cc4ccccc4)CC3)[C@@H](C(=O)NCc3ccccc3)c3ccncc3)n2)o1. The molecule has 0 spiro atoms. The summed E-state index contributed by atoms with van der Waals surface area (Å²) in [7, 11) is 0. The third kappa shape index (κ3) is 7.50. The Balaban J connectivity index is 1.26. The van der Waals surface area contributed by atoms with Gasteiger partial charge in [0, 0.05) is 44.6 Å². The van der Waals surface area contributed by atoms with Crippen molar-refractivity contribution in [2.24, 2.45) is 0 Å². The van der Waals surface area contributed by atoms with Crippen LogP contribution in [0.25, 0.3) is 11.6 Å². The number of benzene rings is 2. The Morgan fingerprint density at radius 2 is 1.62 bits per heavy atom. The Kier molecular flexibility index (Phi) is 9.35. The van der Waals surface area contributed by atoms with E-state index in [1.807, 2.05) is 61.5 Å². The summed E-state index contributed by atoms with van der Waals surface area (Å²) in [5.74, 6) is 0.965. The predicted molar refractivity (Wildman–Crippen MR) is 167 cm³/mol. The summed E-state index contributed by atoms with van der Waals surface area (Å²) in [6.45, 7) is 4.43. The average molecular weight is 605 g/mol. The van der Waals surface area contributed by atoms with Crippen LogP contribution in [0.15, 0.2) is 102 Å². The molecule has 1 fully saturated rings. The second-order valence-electron chi connectivity index (χ2n) is 11.2. The fraction of sp³-hybridized carbons (Fsp3) is 0.294. The van der Waals surface area contributed by atoms with Gasteiger partial charge in [-0.25, -0.2) is 0 Å². The third-order valence-electron chi connectivity index (χ3n) is 8.04. The van der Waals surface area contributed by atoms with Gasteiger partial charge < -0.3 is 14.6 Å². The maximum absolute atomic E-state index is 14.3. The number of hydrogen-bond donors (Lipinski definition) is 1. The van der Waals surface area contributed by atoms with Gasteiger partial charge in [-0.05, 0) is 65.9 Å². The third-order valence-corrected chi connectivity index (χ3v) is 8.04. The average Bonchev–Trinajstić information content (AvgIpc) is 3.73. The van der Waals surface area contributed by atoms with Crippen LogP contribution in [0.3, 0.4) is 0 Å². The van der Waals surface area contributed by atoms with Gasteiger partial charge in [-0.15, -0.1) is 10.2 Å². The second-order valence-corrected chi connectivity index (χ2v) is 11.2. The lowest BCUT2D eigenvalue weighted by Crippen LogP contribution is -2.53. The van der Waals surface area contributed by atoms with Crippen LogP contribution < -0.4 is 5.32 Å². The van der Waals surface area contributed by atoms with Gasteiger partial charge in [0.2, 0.25) is 17.6 Å². The van der Waals surface area contributed by atoms with Crippen molar-refractivity contribution in [1.82, 2.24) is 40.3 Å². The highest BCUT2D eigenvalue weighted by Gasteiger charge is 2.38. The molecule has 6 rings (SSSR count). The zero-order valence-electron chi connectivity index (χ0n) is 25.2. The van der Waals surface area contributed by atoms with Crippen LogP contribution in [-0.4, -0.2) is 65.9 Å². The zero-order valence-corrected chi connectivity index (χ0v) is 25.2. The lowest BCUT2D eigenvalue weighted by Gasteiger charge is -2.42. The van der Waals surface area contributed by atoms with E-state index in [-0.39, 0.29) is 24.4 Å². The number of hydrogen-bond acceptors (Lipinski definition) is 8. The molecule has 0 unspecified atom stereocenters. The number of aryl methyl sites for hydroxylation is 1. The van der Waals surface area contributed by atoms with E-state index in [1.54, 1.807) is 35.5 Å². The van der Waals surface area contributed by atoms with Crippen molar-refractivity contribution in [3.8, 4) is 11.6 Å². The molecule has 1 saturated heterocycles. The van der Waals surface area contributed by atoms with Crippen LogP contribution in [0.1, 0.15) is 41.3 Å². The molecule has 230 valence electrons. The Morgan fingerprint density at radius 3 is 2.29 bits per heavy atom. The quantitative estimate of drug-likeness (QED) is 0.238. The molecular weight excluding hydrogens is 568 g/mol. The van der Waals surface area contributed by atoms with Gasteiger partial charge in [0.25, 0.3) is 0 Å². The summed E-state index contributed by atoms with van der Waals surface area (Å²) in [4.78, 5) is 37.9. The molecule has 0 saturated carbocycles. The van der Waals surface area contributed by atoms with Gasteiger partial charge in [0.15, 0.2) is 5.76 Å². The lowest BCUT2D eigenvalue weighted by molar-refractivity contribution is -0.145. The Bertz CT molecular complexity index is 1680.